The van der Waals surface area contributed by atoms with Gasteiger partial charge in [-0.05, 0) is 66.7 Å². The molecular formula is C21H25N3O5. The summed E-state index contributed by atoms with van der Waals surface area (Å²) in [7, 11) is 3.26. The van der Waals surface area contributed by atoms with Crippen molar-refractivity contribution in [2.45, 2.75) is 0 Å². The second-order valence-corrected chi connectivity index (χ2v) is 5.63. The molecule has 0 aliphatic carbocycles. The Morgan fingerprint density at radius 1 is 0.724 bits per heavy atom. The number of carboxylic acid groups (broad SMARTS) is 1. The van der Waals surface area contributed by atoms with Gasteiger partial charge in [0, 0.05) is 17.1 Å². The number of carbonyl (C=O) groups is 1. The van der Waals surface area contributed by atoms with Crippen LogP contribution in [0.5, 0.6) is 17.2 Å². The Bertz CT molecular complexity index is 852. The molecule has 8 heteroatoms. The third kappa shape index (κ3) is 8.44. The van der Waals surface area contributed by atoms with Gasteiger partial charge in [0.25, 0.3) is 0 Å². The van der Waals surface area contributed by atoms with Crippen LogP contribution in [0.15, 0.2) is 66.7 Å². The Morgan fingerprint density at radius 2 is 1.10 bits per heavy atom. The maximum Gasteiger partial charge on any atom is 0.339 e. The van der Waals surface area contributed by atoms with Crippen LogP contribution in [0.1, 0.15) is 10.4 Å². The number of methoxy groups -OCH3 is 2. The number of phenols is 1. The van der Waals surface area contributed by atoms with Crippen LogP contribution in [0, 0.1) is 0 Å². The van der Waals surface area contributed by atoms with E-state index in [2.05, 4.69) is 0 Å². The summed E-state index contributed by atoms with van der Waals surface area (Å²) in [4.78, 5) is 10.4. The predicted molar refractivity (Wildman–Crippen MR) is 114 cm³/mol. The van der Waals surface area contributed by atoms with Crippen LogP contribution in [0.4, 0.5) is 17.1 Å². The van der Waals surface area contributed by atoms with E-state index in [1.165, 1.54) is 18.2 Å². The van der Waals surface area contributed by atoms with E-state index in [-0.39, 0.29) is 11.3 Å². The fraction of sp³-hybridized carbons (Fsp3) is 0.0952. The molecule has 0 fully saturated rings. The van der Waals surface area contributed by atoms with Gasteiger partial charge in [0.05, 0.1) is 14.2 Å². The minimum atomic E-state index is -1.19. The van der Waals surface area contributed by atoms with E-state index < -0.39 is 5.97 Å². The van der Waals surface area contributed by atoms with Crippen LogP contribution in [-0.2, 0) is 0 Å². The minimum absolute atomic E-state index is 0.176. The third-order valence-corrected chi connectivity index (χ3v) is 3.48. The van der Waals surface area contributed by atoms with Gasteiger partial charge in [-0.25, -0.2) is 4.79 Å². The Balaban J connectivity index is 0.000000219. The molecule has 3 aromatic carbocycles. The van der Waals surface area contributed by atoms with Gasteiger partial charge in [0.1, 0.15) is 22.8 Å². The molecule has 3 aromatic rings. The van der Waals surface area contributed by atoms with Crippen molar-refractivity contribution in [3.8, 4) is 17.2 Å². The first-order valence-corrected chi connectivity index (χ1v) is 8.37. The number of aromatic carboxylic acids is 1. The lowest BCUT2D eigenvalue weighted by atomic mass is 10.2. The molecule has 0 spiro atoms. The van der Waals surface area contributed by atoms with E-state index in [1.807, 2.05) is 24.3 Å². The monoisotopic (exact) mass is 399 g/mol. The topological polar surface area (TPSA) is 154 Å². The van der Waals surface area contributed by atoms with Crippen LogP contribution < -0.4 is 26.7 Å². The third-order valence-electron chi connectivity index (χ3n) is 3.48. The van der Waals surface area contributed by atoms with Gasteiger partial charge in [-0.3, -0.25) is 0 Å². The maximum absolute atomic E-state index is 10.4. The highest BCUT2D eigenvalue weighted by atomic mass is 16.5. The Hall–Kier alpha value is -4.07. The molecule has 0 aliphatic rings. The van der Waals surface area contributed by atoms with Crippen molar-refractivity contribution in [1.82, 2.24) is 0 Å². The van der Waals surface area contributed by atoms with E-state index in [4.69, 9.17) is 36.9 Å². The standard InChI is InChI=1S/C7H7NO3.2C7H9NO/c8-4-1-2-6(9)5(3-4)7(10)11;2*1-9-7-4-2-6(8)3-5-7/h1-3,9H,8H2,(H,10,11);2*2-5H,8H2,1H3. The highest BCUT2D eigenvalue weighted by Gasteiger charge is 2.08. The zero-order chi connectivity index (χ0) is 21.8. The van der Waals surface area contributed by atoms with Crippen molar-refractivity contribution < 1.29 is 24.5 Å². The van der Waals surface area contributed by atoms with Gasteiger partial charge in [0.15, 0.2) is 0 Å². The van der Waals surface area contributed by atoms with Crippen LogP contribution in [0.3, 0.4) is 0 Å². The number of carboxylic acids is 1. The van der Waals surface area contributed by atoms with Gasteiger partial charge >= 0.3 is 5.97 Å². The van der Waals surface area contributed by atoms with Crippen molar-refractivity contribution >= 4 is 23.0 Å². The number of nitrogen functional groups attached to an aromatic ring is 3. The summed E-state index contributed by atoms with van der Waals surface area (Å²) in [5.74, 6) is 0.218. The van der Waals surface area contributed by atoms with Crippen molar-refractivity contribution in [2.24, 2.45) is 0 Å². The number of aromatic hydroxyl groups is 1. The van der Waals surface area contributed by atoms with Gasteiger partial charge in [0.2, 0.25) is 0 Å². The smallest absolute Gasteiger partial charge is 0.339 e. The number of hydrogen-bond acceptors (Lipinski definition) is 7. The van der Waals surface area contributed by atoms with Crippen LogP contribution in [0.25, 0.3) is 0 Å². The minimum Gasteiger partial charge on any atom is -0.507 e. The van der Waals surface area contributed by atoms with Crippen molar-refractivity contribution in [3.05, 3.63) is 72.3 Å². The summed E-state index contributed by atoms with van der Waals surface area (Å²) >= 11 is 0. The Morgan fingerprint density at radius 3 is 1.41 bits per heavy atom. The summed E-state index contributed by atoms with van der Waals surface area (Å²) < 4.78 is 9.83. The molecule has 0 heterocycles. The summed E-state index contributed by atoms with van der Waals surface area (Å²) in [6, 6.07) is 18.4. The zero-order valence-corrected chi connectivity index (χ0v) is 16.2. The van der Waals surface area contributed by atoms with Crippen LogP contribution in [0.2, 0.25) is 0 Å². The average Bonchev–Trinajstić information content (AvgIpc) is 2.72. The second-order valence-electron chi connectivity index (χ2n) is 5.63. The van der Waals surface area contributed by atoms with E-state index >= 15 is 0 Å². The van der Waals surface area contributed by atoms with Crippen LogP contribution >= 0.6 is 0 Å². The lowest BCUT2D eigenvalue weighted by Gasteiger charge is -1.98. The molecule has 154 valence electrons. The summed E-state index contributed by atoms with van der Waals surface area (Å²) in [5, 5.41) is 17.4. The van der Waals surface area contributed by atoms with E-state index in [0.29, 0.717) is 5.69 Å². The lowest BCUT2D eigenvalue weighted by Crippen LogP contribution is -1.97. The highest BCUT2D eigenvalue weighted by molar-refractivity contribution is 5.91. The number of benzene rings is 3. The molecule has 0 unspecified atom stereocenters. The number of rotatable bonds is 3. The lowest BCUT2D eigenvalue weighted by molar-refractivity contribution is 0.0694. The number of anilines is 3. The molecular weight excluding hydrogens is 374 g/mol. The number of hydrogen-bond donors (Lipinski definition) is 5. The van der Waals surface area contributed by atoms with E-state index in [9.17, 15) is 4.79 Å². The Kier molecular flexibility index (Phi) is 9.19. The number of ether oxygens (including phenoxy) is 2. The molecule has 0 aromatic heterocycles. The van der Waals surface area contributed by atoms with Gasteiger partial charge in [-0.1, -0.05) is 0 Å². The zero-order valence-electron chi connectivity index (χ0n) is 16.2. The van der Waals surface area contributed by atoms with Crippen molar-refractivity contribution in [1.29, 1.82) is 0 Å². The first kappa shape index (κ1) is 23.0. The Labute approximate surface area is 169 Å². The van der Waals surface area contributed by atoms with Crippen molar-refractivity contribution in [2.75, 3.05) is 31.4 Å². The fourth-order valence-electron chi connectivity index (χ4n) is 1.93. The predicted octanol–water partition coefficient (Wildman–Crippen LogP) is 3.23. The van der Waals surface area contributed by atoms with Crippen LogP contribution in [-0.4, -0.2) is 30.4 Å². The molecule has 0 saturated heterocycles. The molecule has 29 heavy (non-hydrogen) atoms. The van der Waals surface area contributed by atoms with E-state index in [1.54, 1.807) is 38.5 Å². The highest BCUT2D eigenvalue weighted by Crippen LogP contribution is 2.19. The van der Waals surface area contributed by atoms with Gasteiger partial charge in [-0.15, -0.1) is 0 Å². The molecule has 0 bridgehead atoms. The first-order valence-electron chi connectivity index (χ1n) is 8.37. The molecule has 0 aliphatic heterocycles. The van der Waals surface area contributed by atoms with Gasteiger partial charge in [-0.2, -0.15) is 0 Å². The maximum atomic E-state index is 10.4. The summed E-state index contributed by atoms with van der Waals surface area (Å²) in [5.41, 5.74) is 17.8. The first-order chi connectivity index (χ1) is 13.8. The quantitative estimate of drug-likeness (QED) is 0.332. The SMILES string of the molecule is COc1ccc(N)cc1.COc1ccc(N)cc1.Nc1ccc(O)c(C(=O)O)c1. The molecule has 8 N–H and O–H groups in total. The van der Waals surface area contributed by atoms with E-state index in [0.717, 1.165) is 22.9 Å². The summed E-state index contributed by atoms with van der Waals surface area (Å²) in [6.07, 6.45) is 0. The molecule has 0 radical (unpaired) electrons. The van der Waals surface area contributed by atoms with Crippen molar-refractivity contribution in [3.63, 3.8) is 0 Å². The largest absolute Gasteiger partial charge is 0.507 e. The summed E-state index contributed by atoms with van der Waals surface area (Å²) in [6.45, 7) is 0. The normalized spacial score (nSPS) is 9.17. The molecule has 3 rings (SSSR count). The molecule has 0 amide bonds. The average molecular weight is 399 g/mol. The molecule has 0 saturated carbocycles. The number of nitrogens with two attached hydrogens (primary N) is 3. The second kappa shape index (κ2) is 11.6. The fourth-order valence-corrected chi connectivity index (χ4v) is 1.93. The van der Waals surface area contributed by atoms with Gasteiger partial charge < -0.3 is 36.9 Å². The molecule has 0 atom stereocenters. The molecule has 8 nitrogen and oxygen atoms in total.